The Bertz CT molecular complexity index is 758. The second kappa shape index (κ2) is 8.90. The minimum Gasteiger partial charge on any atom is -0.373 e. The second-order valence-electron chi connectivity index (χ2n) is 7.36. The zero-order valence-electron chi connectivity index (χ0n) is 16.0. The second-order valence-corrected chi connectivity index (χ2v) is 7.36. The summed E-state index contributed by atoms with van der Waals surface area (Å²) < 4.78 is 5.96. The molecular weight excluding hydrogens is 342 g/mol. The molecule has 0 aromatic carbocycles. The molecule has 1 fully saturated rings. The van der Waals surface area contributed by atoms with Gasteiger partial charge in [0.05, 0.1) is 12.7 Å². The number of ether oxygens (including phenoxy) is 1. The van der Waals surface area contributed by atoms with Gasteiger partial charge in [-0.2, -0.15) is 0 Å². The van der Waals surface area contributed by atoms with Gasteiger partial charge < -0.3 is 15.4 Å². The van der Waals surface area contributed by atoms with Crippen LogP contribution in [0.3, 0.4) is 0 Å². The fraction of sp³-hybridized carbons (Fsp3) is 0.500. The maximum Gasteiger partial charge on any atom is 0.272 e. The van der Waals surface area contributed by atoms with Crippen molar-refractivity contribution in [3.63, 3.8) is 0 Å². The Morgan fingerprint density at radius 2 is 2.11 bits per heavy atom. The molecule has 2 N–H and O–H groups in total. The van der Waals surface area contributed by atoms with E-state index in [0.29, 0.717) is 31.3 Å². The lowest BCUT2D eigenvalue weighted by Gasteiger charge is -2.31. The Balaban J connectivity index is 1.54. The quantitative estimate of drug-likeness (QED) is 0.841. The van der Waals surface area contributed by atoms with Gasteiger partial charge >= 0.3 is 0 Å². The number of piperidine rings is 1. The van der Waals surface area contributed by atoms with E-state index in [2.05, 4.69) is 28.8 Å². The highest BCUT2D eigenvalue weighted by atomic mass is 16.5. The fourth-order valence-corrected chi connectivity index (χ4v) is 3.24. The number of carbonyl (C=O) groups is 1. The molecule has 0 saturated carbocycles. The summed E-state index contributed by atoms with van der Waals surface area (Å²) in [6.07, 6.45) is 6.11. The number of nitrogen functional groups attached to an aromatic ring is 1. The Hall–Kier alpha value is -2.54. The van der Waals surface area contributed by atoms with E-state index in [4.69, 9.17) is 10.5 Å². The highest BCUT2D eigenvalue weighted by molar-refractivity contribution is 5.92. The van der Waals surface area contributed by atoms with E-state index in [9.17, 15) is 4.79 Å². The third-order valence-electron chi connectivity index (χ3n) is 4.57. The van der Waals surface area contributed by atoms with Crippen LogP contribution < -0.4 is 5.73 Å². The summed E-state index contributed by atoms with van der Waals surface area (Å²) >= 11 is 0. The zero-order valence-corrected chi connectivity index (χ0v) is 16.0. The number of hydrogen-bond acceptors (Lipinski definition) is 6. The molecule has 0 spiro atoms. The summed E-state index contributed by atoms with van der Waals surface area (Å²) in [6.45, 7) is 6.07. The van der Waals surface area contributed by atoms with Crippen LogP contribution in [0.1, 0.15) is 48.4 Å². The summed E-state index contributed by atoms with van der Waals surface area (Å²) in [5, 5.41) is 0. The molecule has 144 valence electrons. The number of amides is 1. The van der Waals surface area contributed by atoms with E-state index in [-0.39, 0.29) is 18.0 Å². The van der Waals surface area contributed by atoms with E-state index in [0.717, 1.165) is 30.5 Å². The van der Waals surface area contributed by atoms with E-state index < -0.39 is 0 Å². The molecule has 0 atom stereocenters. The molecular formula is C20H27N5O2. The highest BCUT2D eigenvalue weighted by Gasteiger charge is 2.25. The zero-order chi connectivity index (χ0) is 19.2. The molecule has 3 heterocycles. The fourth-order valence-electron chi connectivity index (χ4n) is 3.24. The lowest BCUT2D eigenvalue weighted by atomic mass is 10.1. The topological polar surface area (TPSA) is 94.2 Å². The molecule has 0 unspecified atom stereocenters. The van der Waals surface area contributed by atoms with E-state index in [1.165, 1.54) is 0 Å². The summed E-state index contributed by atoms with van der Waals surface area (Å²) in [4.78, 5) is 27.1. The summed E-state index contributed by atoms with van der Waals surface area (Å²) in [5.41, 5.74) is 8.06. The average Bonchev–Trinajstić information content (AvgIpc) is 2.66. The molecule has 1 amide bonds. The molecule has 27 heavy (non-hydrogen) atoms. The molecule has 1 saturated heterocycles. The number of aromatic nitrogens is 3. The van der Waals surface area contributed by atoms with Gasteiger partial charge in [0.1, 0.15) is 5.69 Å². The van der Waals surface area contributed by atoms with E-state index >= 15 is 0 Å². The van der Waals surface area contributed by atoms with Gasteiger partial charge in [0, 0.05) is 31.2 Å². The number of nitrogens with two attached hydrogens (primary N) is 1. The molecule has 2 aromatic heterocycles. The predicted molar refractivity (Wildman–Crippen MR) is 103 cm³/mol. The van der Waals surface area contributed by atoms with Crippen molar-refractivity contribution in [3.8, 4) is 0 Å². The number of pyridine rings is 1. The van der Waals surface area contributed by atoms with E-state index in [1.54, 1.807) is 12.3 Å². The molecule has 0 radical (unpaired) electrons. The Morgan fingerprint density at radius 1 is 1.33 bits per heavy atom. The Morgan fingerprint density at radius 3 is 2.78 bits per heavy atom. The number of nitrogens with zero attached hydrogens (tertiary/aromatic N) is 4. The van der Waals surface area contributed by atoms with Crippen LogP contribution in [0.15, 0.2) is 30.6 Å². The maximum absolute atomic E-state index is 12.8. The first kappa shape index (κ1) is 19.2. The van der Waals surface area contributed by atoms with Crippen LogP contribution >= 0.6 is 0 Å². The van der Waals surface area contributed by atoms with Gasteiger partial charge in [-0.05, 0) is 42.9 Å². The molecule has 7 nitrogen and oxygen atoms in total. The van der Waals surface area contributed by atoms with Gasteiger partial charge in [-0.25, -0.2) is 9.97 Å². The number of rotatable bonds is 6. The Kier molecular flexibility index (Phi) is 6.34. The molecule has 7 heteroatoms. The van der Waals surface area contributed by atoms with Crippen molar-refractivity contribution in [2.75, 3.05) is 18.8 Å². The Labute approximate surface area is 160 Å². The van der Waals surface area contributed by atoms with Crippen LogP contribution in [0, 0.1) is 5.92 Å². The highest BCUT2D eigenvalue weighted by Crippen LogP contribution is 2.18. The van der Waals surface area contributed by atoms with Gasteiger partial charge in [0.2, 0.25) is 5.95 Å². The molecule has 0 aliphatic carbocycles. The molecule has 1 aliphatic heterocycles. The normalized spacial score (nSPS) is 15.3. The SMILES string of the molecule is CC(C)Cc1cc(C(=O)N2CCC(OCc3cccnc3)CC2)nc(N)n1. The van der Waals surface area contributed by atoms with Crippen molar-refractivity contribution in [1.82, 2.24) is 19.9 Å². The lowest BCUT2D eigenvalue weighted by molar-refractivity contribution is -0.000603. The number of carbonyl (C=O) groups excluding carboxylic acids is 1. The molecule has 2 aromatic rings. The van der Waals surface area contributed by atoms with Crippen molar-refractivity contribution in [3.05, 3.63) is 47.5 Å². The van der Waals surface area contributed by atoms with Gasteiger partial charge in [-0.1, -0.05) is 19.9 Å². The van der Waals surface area contributed by atoms with Gasteiger partial charge in [0.25, 0.3) is 5.91 Å². The summed E-state index contributed by atoms with van der Waals surface area (Å²) in [6, 6.07) is 5.67. The summed E-state index contributed by atoms with van der Waals surface area (Å²) in [7, 11) is 0. The first-order valence-electron chi connectivity index (χ1n) is 9.44. The van der Waals surface area contributed by atoms with Crippen LogP contribution in [0.2, 0.25) is 0 Å². The van der Waals surface area contributed by atoms with Crippen molar-refractivity contribution in [2.45, 2.75) is 45.8 Å². The maximum atomic E-state index is 12.8. The lowest BCUT2D eigenvalue weighted by Crippen LogP contribution is -2.41. The standard InChI is InChI=1S/C20H27N5O2/c1-14(2)10-16-11-18(24-20(21)23-16)19(26)25-8-5-17(6-9-25)27-13-15-4-3-7-22-12-15/h3-4,7,11-12,14,17H,5-6,8-10,13H2,1-2H3,(H2,21,23,24). The number of likely N-dealkylation sites (tertiary alicyclic amines) is 1. The largest absolute Gasteiger partial charge is 0.373 e. The van der Waals surface area contributed by atoms with Gasteiger partial charge in [-0.3, -0.25) is 9.78 Å². The van der Waals surface area contributed by atoms with Gasteiger partial charge in [-0.15, -0.1) is 0 Å². The number of hydrogen-bond donors (Lipinski definition) is 1. The van der Waals surface area contributed by atoms with Crippen LogP contribution in [0.25, 0.3) is 0 Å². The van der Waals surface area contributed by atoms with Crippen molar-refractivity contribution in [2.24, 2.45) is 5.92 Å². The molecule has 3 rings (SSSR count). The minimum atomic E-state index is -0.0835. The predicted octanol–water partition coefficient (Wildman–Crippen LogP) is 2.47. The molecule has 0 bridgehead atoms. The van der Waals surface area contributed by atoms with Crippen LogP contribution in [0.4, 0.5) is 5.95 Å². The van der Waals surface area contributed by atoms with Crippen molar-refractivity contribution in [1.29, 1.82) is 0 Å². The smallest absolute Gasteiger partial charge is 0.272 e. The minimum absolute atomic E-state index is 0.0835. The monoisotopic (exact) mass is 369 g/mol. The first-order valence-corrected chi connectivity index (χ1v) is 9.44. The van der Waals surface area contributed by atoms with Crippen LogP contribution in [0.5, 0.6) is 0 Å². The van der Waals surface area contributed by atoms with E-state index in [1.807, 2.05) is 23.2 Å². The molecule has 1 aliphatic rings. The number of anilines is 1. The van der Waals surface area contributed by atoms with Gasteiger partial charge in [0.15, 0.2) is 0 Å². The summed E-state index contributed by atoms with van der Waals surface area (Å²) in [5.74, 6) is 0.515. The van der Waals surface area contributed by atoms with Crippen LogP contribution in [-0.2, 0) is 17.8 Å². The average molecular weight is 369 g/mol. The first-order chi connectivity index (χ1) is 13.0. The third-order valence-corrected chi connectivity index (χ3v) is 4.57. The van der Waals surface area contributed by atoms with Crippen LogP contribution in [-0.4, -0.2) is 45.0 Å². The third kappa shape index (κ3) is 5.47. The van der Waals surface area contributed by atoms with Crippen molar-refractivity contribution >= 4 is 11.9 Å². The van der Waals surface area contributed by atoms with Crippen molar-refractivity contribution < 1.29 is 9.53 Å².